The molecule has 1 aliphatic rings. The van der Waals surface area contributed by atoms with E-state index in [4.69, 9.17) is 39.5 Å². The quantitative estimate of drug-likeness (QED) is 0.272. The molecule has 1 N–H and O–H groups in total. The molecule has 37 heavy (non-hydrogen) atoms. The zero-order chi connectivity index (χ0) is 27.2. The Hall–Kier alpha value is -1.55. The van der Waals surface area contributed by atoms with Gasteiger partial charge in [-0.2, -0.15) is 4.31 Å². The fraction of sp³-hybridized carbons (Fsp3) is 0.500. The SMILES string of the molecule is CN(C)c1ccccc1CC1CCC(NC(=O)CCOCN(C)S(=O)(=O)c2c(Cl)cc(Cl)cc2Cl)CC1. The Bertz CT molecular complexity index is 1160. The van der Waals surface area contributed by atoms with Gasteiger partial charge >= 0.3 is 0 Å². The lowest BCUT2D eigenvalue weighted by Gasteiger charge is -2.30. The Morgan fingerprint density at radius 3 is 2.27 bits per heavy atom. The van der Waals surface area contributed by atoms with E-state index in [1.807, 2.05) is 0 Å². The van der Waals surface area contributed by atoms with Crippen LogP contribution in [0.25, 0.3) is 0 Å². The van der Waals surface area contributed by atoms with Crippen molar-refractivity contribution in [3.8, 4) is 0 Å². The van der Waals surface area contributed by atoms with E-state index in [-0.39, 0.29) is 51.7 Å². The second-order valence-corrected chi connectivity index (χ2v) is 12.8. The van der Waals surface area contributed by atoms with Crippen molar-refractivity contribution >= 4 is 56.4 Å². The first-order chi connectivity index (χ1) is 17.5. The summed E-state index contributed by atoms with van der Waals surface area (Å²) in [6, 6.07) is 11.3. The topological polar surface area (TPSA) is 79.0 Å². The maximum Gasteiger partial charge on any atom is 0.247 e. The van der Waals surface area contributed by atoms with E-state index in [0.29, 0.717) is 5.92 Å². The van der Waals surface area contributed by atoms with Gasteiger partial charge in [-0.15, -0.1) is 0 Å². The highest BCUT2D eigenvalue weighted by atomic mass is 35.5. The van der Waals surface area contributed by atoms with Crippen LogP contribution in [0.4, 0.5) is 5.69 Å². The zero-order valence-electron chi connectivity index (χ0n) is 21.3. The Morgan fingerprint density at radius 2 is 1.65 bits per heavy atom. The van der Waals surface area contributed by atoms with Crippen molar-refractivity contribution in [2.24, 2.45) is 5.92 Å². The van der Waals surface area contributed by atoms with E-state index in [1.54, 1.807) is 0 Å². The number of hydrogen-bond donors (Lipinski definition) is 1. The van der Waals surface area contributed by atoms with Gasteiger partial charge in [0.2, 0.25) is 15.9 Å². The summed E-state index contributed by atoms with van der Waals surface area (Å²) in [5, 5.41) is 3.19. The Morgan fingerprint density at radius 1 is 1.03 bits per heavy atom. The van der Waals surface area contributed by atoms with E-state index in [2.05, 4.69) is 48.6 Å². The molecule has 1 saturated carbocycles. The number of carbonyl (C=O) groups excluding carboxylic acids is 1. The predicted molar refractivity (Wildman–Crippen MR) is 150 cm³/mol. The molecule has 3 rings (SSSR count). The first kappa shape index (κ1) is 30.0. The van der Waals surface area contributed by atoms with Crippen LogP contribution in [-0.2, 0) is 26.0 Å². The van der Waals surface area contributed by atoms with Gasteiger partial charge in [0.15, 0.2) is 0 Å². The minimum Gasteiger partial charge on any atom is -0.377 e. The Balaban J connectivity index is 1.39. The lowest BCUT2D eigenvalue weighted by Crippen LogP contribution is -2.38. The predicted octanol–water partition coefficient (Wildman–Crippen LogP) is 5.62. The summed E-state index contributed by atoms with van der Waals surface area (Å²) >= 11 is 18.0. The largest absolute Gasteiger partial charge is 0.377 e. The second kappa shape index (κ2) is 13.5. The van der Waals surface area contributed by atoms with Crippen LogP contribution in [0.1, 0.15) is 37.7 Å². The summed E-state index contributed by atoms with van der Waals surface area (Å²) in [5.41, 5.74) is 2.63. The van der Waals surface area contributed by atoms with Gasteiger partial charge in [-0.25, -0.2) is 8.42 Å². The highest BCUT2D eigenvalue weighted by Gasteiger charge is 2.27. The number of carbonyl (C=O) groups is 1. The maximum absolute atomic E-state index is 12.8. The molecular formula is C26H34Cl3N3O4S. The molecule has 0 spiro atoms. The number of ether oxygens (including phenoxy) is 1. The van der Waals surface area contributed by atoms with Gasteiger partial charge in [-0.3, -0.25) is 4.79 Å². The lowest BCUT2D eigenvalue weighted by atomic mass is 9.82. The number of nitrogens with one attached hydrogen (secondary N) is 1. The number of hydrogen-bond acceptors (Lipinski definition) is 5. The van der Waals surface area contributed by atoms with Crippen molar-refractivity contribution in [2.45, 2.75) is 49.5 Å². The number of halogens is 3. The van der Waals surface area contributed by atoms with Crippen LogP contribution < -0.4 is 10.2 Å². The average Bonchev–Trinajstić information content (AvgIpc) is 2.82. The first-order valence-electron chi connectivity index (χ1n) is 12.2. The van der Waals surface area contributed by atoms with E-state index in [9.17, 15) is 13.2 Å². The average molecular weight is 591 g/mol. The third-order valence-corrected chi connectivity index (χ3v) is 9.49. The maximum atomic E-state index is 12.8. The summed E-state index contributed by atoms with van der Waals surface area (Å²) in [6.45, 7) is -0.158. The monoisotopic (exact) mass is 589 g/mol. The third-order valence-electron chi connectivity index (χ3n) is 6.57. The number of benzene rings is 2. The van der Waals surface area contributed by atoms with Crippen LogP contribution in [0.3, 0.4) is 0 Å². The molecule has 0 heterocycles. The molecule has 0 saturated heterocycles. The molecule has 11 heteroatoms. The Kier molecular flexibility index (Phi) is 10.9. The van der Waals surface area contributed by atoms with Crippen LogP contribution in [0.5, 0.6) is 0 Å². The number of amides is 1. The van der Waals surface area contributed by atoms with Gasteiger partial charge in [0.25, 0.3) is 0 Å². The number of sulfonamides is 1. The lowest BCUT2D eigenvalue weighted by molar-refractivity contribution is -0.123. The summed E-state index contributed by atoms with van der Waals surface area (Å²) in [6.07, 6.45) is 5.23. The summed E-state index contributed by atoms with van der Waals surface area (Å²) in [5.74, 6) is 0.508. The molecule has 0 aromatic heterocycles. The van der Waals surface area contributed by atoms with E-state index in [0.717, 1.165) is 36.4 Å². The van der Waals surface area contributed by atoms with Crippen molar-refractivity contribution in [1.82, 2.24) is 9.62 Å². The van der Waals surface area contributed by atoms with E-state index >= 15 is 0 Å². The number of rotatable bonds is 11. The molecule has 0 radical (unpaired) electrons. The smallest absolute Gasteiger partial charge is 0.247 e. The molecule has 2 aromatic rings. The number of anilines is 1. The third kappa shape index (κ3) is 8.22. The van der Waals surface area contributed by atoms with E-state index < -0.39 is 10.0 Å². The highest BCUT2D eigenvalue weighted by Crippen LogP contribution is 2.34. The van der Waals surface area contributed by atoms with Gasteiger partial charge in [0, 0.05) is 37.9 Å². The van der Waals surface area contributed by atoms with Gasteiger partial charge in [0.05, 0.1) is 23.1 Å². The van der Waals surface area contributed by atoms with Crippen molar-refractivity contribution in [1.29, 1.82) is 0 Å². The summed E-state index contributed by atoms with van der Waals surface area (Å²) in [7, 11) is 1.49. The van der Waals surface area contributed by atoms with Crippen LogP contribution in [-0.4, -0.2) is 59.2 Å². The molecule has 2 aromatic carbocycles. The fourth-order valence-corrected chi connectivity index (χ4v) is 7.14. The van der Waals surface area contributed by atoms with Gasteiger partial charge in [0.1, 0.15) is 11.6 Å². The molecule has 0 bridgehead atoms. The molecule has 204 valence electrons. The van der Waals surface area contributed by atoms with Crippen LogP contribution in [0, 0.1) is 5.92 Å². The molecule has 0 atom stereocenters. The van der Waals surface area contributed by atoms with Crippen molar-refractivity contribution in [3.63, 3.8) is 0 Å². The molecular weight excluding hydrogens is 557 g/mol. The van der Waals surface area contributed by atoms with Crippen LogP contribution >= 0.6 is 34.8 Å². The Labute approximate surface area is 235 Å². The standard InChI is InChI=1S/C26H34Cl3N3O4S/c1-31(2)24-7-5-4-6-19(24)14-18-8-10-21(11-9-18)30-25(33)12-13-36-17-32(3)37(34,35)26-22(28)15-20(27)16-23(26)29/h4-7,15-16,18,21H,8-14,17H2,1-3H3,(H,30,33). The van der Waals surface area contributed by atoms with Gasteiger partial charge < -0.3 is 15.0 Å². The van der Waals surface area contributed by atoms with Crippen LogP contribution in [0.15, 0.2) is 41.3 Å². The van der Waals surface area contributed by atoms with Crippen molar-refractivity contribution in [2.75, 3.05) is 39.4 Å². The summed E-state index contributed by atoms with van der Waals surface area (Å²) < 4.78 is 32.1. The minimum absolute atomic E-state index is 0.0691. The molecule has 1 amide bonds. The molecule has 0 unspecified atom stereocenters. The normalized spacial score (nSPS) is 18.1. The molecule has 0 aliphatic heterocycles. The van der Waals surface area contributed by atoms with Crippen molar-refractivity contribution < 1.29 is 17.9 Å². The highest BCUT2D eigenvalue weighted by molar-refractivity contribution is 7.89. The fourth-order valence-electron chi connectivity index (χ4n) is 4.60. The van der Waals surface area contributed by atoms with E-state index in [1.165, 1.54) is 30.4 Å². The number of para-hydroxylation sites is 1. The van der Waals surface area contributed by atoms with Gasteiger partial charge in [-0.1, -0.05) is 53.0 Å². The molecule has 1 fully saturated rings. The van der Waals surface area contributed by atoms with Crippen molar-refractivity contribution in [3.05, 3.63) is 57.0 Å². The number of nitrogens with zero attached hydrogens (tertiary/aromatic N) is 2. The molecule has 7 nitrogen and oxygen atoms in total. The zero-order valence-corrected chi connectivity index (χ0v) is 24.4. The molecule has 1 aliphatic carbocycles. The van der Waals surface area contributed by atoms with Gasteiger partial charge in [-0.05, 0) is 61.8 Å². The second-order valence-electron chi connectivity index (χ2n) is 9.60. The van der Waals surface area contributed by atoms with Crippen LogP contribution in [0.2, 0.25) is 15.1 Å². The first-order valence-corrected chi connectivity index (χ1v) is 14.8. The minimum atomic E-state index is -3.99. The summed E-state index contributed by atoms with van der Waals surface area (Å²) in [4.78, 5) is 14.3.